The molecule has 88 valence electrons. The predicted octanol–water partition coefficient (Wildman–Crippen LogP) is 1.07. The van der Waals surface area contributed by atoms with Crippen molar-refractivity contribution in [2.45, 2.75) is 13.3 Å². The number of nitrogens with one attached hydrogen (secondary N) is 1. The summed E-state index contributed by atoms with van der Waals surface area (Å²) in [4.78, 5) is 24.2. The first-order valence-electron chi connectivity index (χ1n) is 4.45. The normalized spacial score (nSPS) is 10.5. The lowest BCUT2D eigenvalue weighted by Gasteiger charge is -2.08. The summed E-state index contributed by atoms with van der Waals surface area (Å²) in [5, 5.41) is 0. The van der Waals surface area contributed by atoms with Crippen molar-refractivity contribution in [2.24, 2.45) is 0 Å². The number of H-pyrrole nitrogens is 1. The minimum atomic E-state index is -2.96. The summed E-state index contributed by atoms with van der Waals surface area (Å²) in [6.07, 6.45) is -2.96. The van der Waals surface area contributed by atoms with Crippen molar-refractivity contribution in [3.8, 4) is 0 Å². The summed E-state index contributed by atoms with van der Waals surface area (Å²) in [6, 6.07) is 0.833. The molecule has 0 aliphatic heterocycles. The number of anilines is 1. The number of nitrogen functional groups attached to an aromatic ring is 1. The SMILES string of the molecule is CCOC(=O)c1cc(=O)[nH]c(C(F)F)c1N. The highest BCUT2D eigenvalue weighted by Crippen LogP contribution is 2.24. The Hall–Kier alpha value is -1.92. The van der Waals surface area contributed by atoms with Gasteiger partial charge < -0.3 is 15.5 Å². The Balaban J connectivity index is 3.29. The summed E-state index contributed by atoms with van der Waals surface area (Å²) in [7, 11) is 0. The molecule has 0 atom stereocenters. The molecule has 0 aromatic carbocycles. The van der Waals surface area contributed by atoms with E-state index in [2.05, 4.69) is 4.74 Å². The fraction of sp³-hybridized carbons (Fsp3) is 0.333. The molecule has 1 heterocycles. The largest absolute Gasteiger partial charge is 0.462 e. The summed E-state index contributed by atoms with van der Waals surface area (Å²) in [5.41, 5.74) is 2.93. The number of hydrogen-bond acceptors (Lipinski definition) is 4. The minimum Gasteiger partial charge on any atom is -0.462 e. The third-order valence-electron chi connectivity index (χ3n) is 1.83. The number of pyridine rings is 1. The molecule has 0 aliphatic rings. The molecular weight excluding hydrogens is 222 g/mol. The van der Waals surface area contributed by atoms with E-state index in [1.54, 1.807) is 6.92 Å². The quantitative estimate of drug-likeness (QED) is 0.763. The molecule has 0 saturated carbocycles. The van der Waals surface area contributed by atoms with Crippen molar-refractivity contribution in [3.63, 3.8) is 0 Å². The topological polar surface area (TPSA) is 85.2 Å². The van der Waals surface area contributed by atoms with E-state index in [1.165, 1.54) is 0 Å². The number of aromatic nitrogens is 1. The highest BCUT2D eigenvalue weighted by molar-refractivity contribution is 5.95. The zero-order chi connectivity index (χ0) is 12.3. The second-order valence-corrected chi connectivity index (χ2v) is 2.90. The van der Waals surface area contributed by atoms with Crippen LogP contribution in [0.15, 0.2) is 10.9 Å². The highest BCUT2D eigenvalue weighted by atomic mass is 19.3. The number of carbonyl (C=O) groups excluding carboxylic acids is 1. The molecule has 0 radical (unpaired) electrons. The van der Waals surface area contributed by atoms with Crippen LogP contribution in [0.4, 0.5) is 14.5 Å². The average Bonchev–Trinajstić information content (AvgIpc) is 2.20. The molecule has 7 heteroatoms. The molecular formula is C9H10F2N2O3. The first kappa shape index (κ1) is 12.2. The maximum atomic E-state index is 12.4. The van der Waals surface area contributed by atoms with Gasteiger partial charge in [0.15, 0.2) is 0 Å². The maximum Gasteiger partial charge on any atom is 0.340 e. The molecule has 0 bridgehead atoms. The Labute approximate surface area is 89.2 Å². The zero-order valence-corrected chi connectivity index (χ0v) is 8.42. The van der Waals surface area contributed by atoms with E-state index in [4.69, 9.17) is 5.73 Å². The van der Waals surface area contributed by atoms with Crippen LogP contribution < -0.4 is 11.3 Å². The fourth-order valence-electron chi connectivity index (χ4n) is 1.14. The van der Waals surface area contributed by atoms with Gasteiger partial charge in [0.25, 0.3) is 6.43 Å². The number of rotatable bonds is 3. The van der Waals surface area contributed by atoms with Gasteiger partial charge in [-0.15, -0.1) is 0 Å². The molecule has 0 amide bonds. The Bertz CT molecular complexity index is 457. The van der Waals surface area contributed by atoms with E-state index in [1.807, 2.05) is 4.98 Å². The summed E-state index contributed by atoms with van der Waals surface area (Å²) >= 11 is 0. The molecule has 1 rings (SSSR count). The third kappa shape index (κ3) is 2.36. The van der Waals surface area contributed by atoms with Gasteiger partial charge in [0.2, 0.25) is 5.56 Å². The monoisotopic (exact) mass is 232 g/mol. The second kappa shape index (κ2) is 4.73. The van der Waals surface area contributed by atoms with Crippen molar-refractivity contribution >= 4 is 11.7 Å². The predicted molar refractivity (Wildman–Crippen MR) is 52.4 cm³/mol. The number of nitrogens with two attached hydrogens (primary N) is 1. The maximum absolute atomic E-state index is 12.4. The molecule has 1 aromatic heterocycles. The Kier molecular flexibility index (Phi) is 3.60. The molecule has 5 nitrogen and oxygen atoms in total. The molecule has 3 N–H and O–H groups in total. The van der Waals surface area contributed by atoms with Crippen LogP contribution in [-0.2, 0) is 4.74 Å². The number of carbonyl (C=O) groups is 1. The number of hydrogen-bond donors (Lipinski definition) is 2. The van der Waals surface area contributed by atoms with Crippen LogP contribution in [0.5, 0.6) is 0 Å². The molecule has 0 fully saturated rings. The van der Waals surface area contributed by atoms with E-state index in [-0.39, 0.29) is 12.2 Å². The number of alkyl halides is 2. The number of aromatic amines is 1. The smallest absolute Gasteiger partial charge is 0.340 e. The van der Waals surface area contributed by atoms with Gasteiger partial charge in [0.05, 0.1) is 17.9 Å². The number of halogens is 2. The van der Waals surface area contributed by atoms with Gasteiger partial charge >= 0.3 is 5.97 Å². The molecule has 0 aliphatic carbocycles. The molecule has 16 heavy (non-hydrogen) atoms. The summed E-state index contributed by atoms with van der Waals surface area (Å²) < 4.78 is 29.5. The van der Waals surface area contributed by atoms with Crippen molar-refractivity contribution < 1.29 is 18.3 Å². The summed E-state index contributed by atoms with van der Waals surface area (Å²) in [6.45, 7) is 1.62. The van der Waals surface area contributed by atoms with Crippen molar-refractivity contribution in [3.05, 3.63) is 27.7 Å². The van der Waals surface area contributed by atoms with Gasteiger partial charge in [-0.05, 0) is 6.92 Å². The van der Waals surface area contributed by atoms with E-state index >= 15 is 0 Å². The average molecular weight is 232 g/mol. The van der Waals surface area contributed by atoms with Gasteiger partial charge in [-0.2, -0.15) is 0 Å². The van der Waals surface area contributed by atoms with Crippen LogP contribution in [-0.4, -0.2) is 17.6 Å². The van der Waals surface area contributed by atoms with E-state index < -0.39 is 29.3 Å². The van der Waals surface area contributed by atoms with E-state index in [0.29, 0.717) is 0 Å². The van der Waals surface area contributed by atoms with Crippen LogP contribution in [0.1, 0.15) is 29.4 Å². The standard InChI is InChI=1S/C9H10F2N2O3/c1-2-16-9(15)4-3-5(14)13-7(6(4)12)8(10)11/h3,8H,2,12H2,1H3,(H,13,14). The third-order valence-corrected chi connectivity index (χ3v) is 1.83. The second-order valence-electron chi connectivity index (χ2n) is 2.90. The fourth-order valence-corrected chi connectivity index (χ4v) is 1.14. The van der Waals surface area contributed by atoms with Crippen LogP contribution >= 0.6 is 0 Å². The minimum absolute atomic E-state index is 0.0646. The lowest BCUT2D eigenvalue weighted by Crippen LogP contribution is -2.18. The first-order chi connectivity index (χ1) is 7.47. The first-order valence-corrected chi connectivity index (χ1v) is 4.45. The lowest BCUT2D eigenvalue weighted by atomic mass is 10.2. The van der Waals surface area contributed by atoms with Crippen molar-refractivity contribution in [2.75, 3.05) is 12.3 Å². The van der Waals surface area contributed by atoms with E-state index in [0.717, 1.165) is 6.07 Å². The molecule has 0 saturated heterocycles. The lowest BCUT2D eigenvalue weighted by molar-refractivity contribution is 0.0527. The Morgan fingerprint density at radius 2 is 2.25 bits per heavy atom. The van der Waals surface area contributed by atoms with Gasteiger partial charge in [-0.25, -0.2) is 13.6 Å². The van der Waals surface area contributed by atoms with Crippen molar-refractivity contribution in [1.82, 2.24) is 4.98 Å². The van der Waals surface area contributed by atoms with Crippen LogP contribution in [0.25, 0.3) is 0 Å². The van der Waals surface area contributed by atoms with Crippen LogP contribution in [0.3, 0.4) is 0 Å². The van der Waals surface area contributed by atoms with Crippen LogP contribution in [0.2, 0.25) is 0 Å². The molecule has 0 spiro atoms. The van der Waals surface area contributed by atoms with Gasteiger partial charge in [0.1, 0.15) is 5.69 Å². The van der Waals surface area contributed by atoms with Gasteiger partial charge in [-0.1, -0.05) is 0 Å². The molecule has 1 aromatic rings. The van der Waals surface area contributed by atoms with Crippen molar-refractivity contribution in [1.29, 1.82) is 0 Å². The highest BCUT2D eigenvalue weighted by Gasteiger charge is 2.20. The summed E-state index contributed by atoms with van der Waals surface area (Å²) in [5.74, 6) is -0.895. The molecule has 0 unspecified atom stereocenters. The Morgan fingerprint density at radius 3 is 2.75 bits per heavy atom. The van der Waals surface area contributed by atoms with Gasteiger partial charge in [-0.3, -0.25) is 4.79 Å². The van der Waals surface area contributed by atoms with Crippen LogP contribution in [0, 0.1) is 0 Å². The van der Waals surface area contributed by atoms with E-state index in [9.17, 15) is 18.4 Å². The van der Waals surface area contributed by atoms with Gasteiger partial charge in [0, 0.05) is 6.07 Å². The zero-order valence-electron chi connectivity index (χ0n) is 8.42. The number of esters is 1. The number of ether oxygens (including phenoxy) is 1. The Morgan fingerprint density at radius 1 is 1.62 bits per heavy atom.